The Bertz CT molecular complexity index is 343. The number of carbonyl (C=O) groups is 2. The van der Waals surface area contributed by atoms with Crippen molar-refractivity contribution < 1.29 is 9.59 Å². The van der Waals surface area contributed by atoms with E-state index < -0.39 is 0 Å². The Hall–Kier alpha value is -1.06. The van der Waals surface area contributed by atoms with Crippen molar-refractivity contribution in [1.82, 2.24) is 9.80 Å². The summed E-state index contributed by atoms with van der Waals surface area (Å²) in [5.41, 5.74) is 0. The van der Waals surface area contributed by atoms with Crippen molar-refractivity contribution in [3.05, 3.63) is 0 Å². The first-order chi connectivity index (χ1) is 8.61. The van der Waals surface area contributed by atoms with Gasteiger partial charge in [0.15, 0.2) is 0 Å². The molecule has 102 valence electrons. The van der Waals surface area contributed by atoms with Crippen molar-refractivity contribution >= 4 is 11.8 Å². The van der Waals surface area contributed by atoms with Gasteiger partial charge in [0.25, 0.3) is 0 Å². The van der Waals surface area contributed by atoms with Crippen LogP contribution in [-0.4, -0.2) is 46.3 Å². The number of piperidine rings is 1. The van der Waals surface area contributed by atoms with Crippen LogP contribution in [0.25, 0.3) is 0 Å². The molecule has 2 amide bonds. The monoisotopic (exact) mass is 252 g/mol. The maximum absolute atomic E-state index is 12.6. The molecule has 2 heterocycles. The van der Waals surface area contributed by atoms with E-state index >= 15 is 0 Å². The molecule has 3 atom stereocenters. The molecule has 2 saturated heterocycles. The van der Waals surface area contributed by atoms with Crippen molar-refractivity contribution in [3.8, 4) is 0 Å². The molecule has 0 radical (unpaired) electrons. The van der Waals surface area contributed by atoms with Gasteiger partial charge in [0.1, 0.15) is 12.1 Å². The van der Waals surface area contributed by atoms with Gasteiger partial charge < -0.3 is 9.80 Å². The first-order valence-corrected chi connectivity index (χ1v) is 7.24. The Morgan fingerprint density at radius 2 is 1.94 bits per heavy atom. The lowest BCUT2D eigenvalue weighted by Gasteiger charge is -2.48. The lowest BCUT2D eigenvalue weighted by Crippen LogP contribution is -2.67. The number of rotatable bonds is 3. The van der Waals surface area contributed by atoms with E-state index in [0.717, 1.165) is 38.6 Å². The van der Waals surface area contributed by atoms with E-state index in [1.165, 1.54) is 0 Å². The molecule has 0 aliphatic carbocycles. The van der Waals surface area contributed by atoms with Crippen molar-refractivity contribution in [1.29, 1.82) is 0 Å². The van der Waals surface area contributed by atoms with E-state index in [1.54, 1.807) is 0 Å². The van der Waals surface area contributed by atoms with Crippen molar-refractivity contribution in [2.75, 3.05) is 6.54 Å². The van der Waals surface area contributed by atoms with E-state index in [-0.39, 0.29) is 29.9 Å². The van der Waals surface area contributed by atoms with Crippen molar-refractivity contribution in [3.63, 3.8) is 0 Å². The Kier molecular flexibility index (Phi) is 3.93. The number of piperazine rings is 1. The highest BCUT2D eigenvalue weighted by atomic mass is 16.2. The van der Waals surface area contributed by atoms with Crippen LogP contribution in [0.1, 0.15) is 52.9 Å². The van der Waals surface area contributed by atoms with E-state index in [1.807, 2.05) is 23.6 Å². The second kappa shape index (κ2) is 5.29. The zero-order valence-corrected chi connectivity index (χ0v) is 11.7. The lowest BCUT2D eigenvalue weighted by molar-refractivity contribution is -0.166. The third kappa shape index (κ3) is 2.02. The standard InChI is InChI=1S/C14H24N2O2/c1-4-10(3)16-11(5-2)13(17)15-9-7-6-8-12(15)14(16)18/h10-12H,4-9H2,1-3H3. The van der Waals surface area contributed by atoms with Gasteiger partial charge in [-0.3, -0.25) is 9.59 Å². The minimum absolute atomic E-state index is 0.162. The second-order valence-electron chi connectivity index (χ2n) is 5.47. The number of fused-ring (bicyclic) bond motifs is 1. The molecular formula is C14H24N2O2. The lowest BCUT2D eigenvalue weighted by atomic mass is 9.93. The molecule has 2 rings (SSSR count). The van der Waals surface area contributed by atoms with Crippen LogP contribution in [0.3, 0.4) is 0 Å². The molecule has 2 aliphatic rings. The van der Waals surface area contributed by atoms with Gasteiger partial charge in [-0.25, -0.2) is 0 Å². The average molecular weight is 252 g/mol. The summed E-state index contributed by atoms with van der Waals surface area (Å²) < 4.78 is 0. The Morgan fingerprint density at radius 3 is 2.56 bits per heavy atom. The number of nitrogens with zero attached hydrogens (tertiary/aromatic N) is 2. The minimum atomic E-state index is -0.234. The normalized spacial score (nSPS) is 30.4. The van der Waals surface area contributed by atoms with Gasteiger partial charge in [0.05, 0.1) is 0 Å². The largest absolute Gasteiger partial charge is 0.329 e. The average Bonchev–Trinajstić information content (AvgIpc) is 2.41. The van der Waals surface area contributed by atoms with Crippen molar-refractivity contribution in [2.24, 2.45) is 0 Å². The van der Waals surface area contributed by atoms with E-state index in [4.69, 9.17) is 0 Å². The highest BCUT2D eigenvalue weighted by Gasteiger charge is 2.46. The highest BCUT2D eigenvalue weighted by Crippen LogP contribution is 2.29. The number of hydrogen-bond donors (Lipinski definition) is 0. The fourth-order valence-electron chi connectivity index (χ4n) is 3.18. The molecule has 0 bridgehead atoms. The zero-order chi connectivity index (χ0) is 13.3. The molecule has 0 aromatic rings. The third-order valence-electron chi connectivity index (χ3n) is 4.40. The van der Waals surface area contributed by atoms with Crippen LogP contribution >= 0.6 is 0 Å². The number of carbonyl (C=O) groups excluding carboxylic acids is 2. The summed E-state index contributed by atoms with van der Waals surface area (Å²) in [6.07, 6.45) is 4.56. The van der Waals surface area contributed by atoms with Gasteiger partial charge in [-0.2, -0.15) is 0 Å². The summed E-state index contributed by atoms with van der Waals surface area (Å²) in [5.74, 6) is 0.345. The second-order valence-corrected chi connectivity index (χ2v) is 5.47. The predicted octanol–water partition coefficient (Wildman–Crippen LogP) is 1.79. The predicted molar refractivity (Wildman–Crippen MR) is 70.0 cm³/mol. The molecule has 4 nitrogen and oxygen atoms in total. The van der Waals surface area contributed by atoms with Gasteiger partial charge in [-0.1, -0.05) is 13.8 Å². The van der Waals surface area contributed by atoms with E-state index in [0.29, 0.717) is 0 Å². The van der Waals surface area contributed by atoms with Crippen LogP contribution in [0.5, 0.6) is 0 Å². The third-order valence-corrected chi connectivity index (χ3v) is 4.40. The molecule has 0 aromatic heterocycles. The van der Waals surface area contributed by atoms with Crippen molar-refractivity contribution in [2.45, 2.75) is 71.0 Å². The van der Waals surface area contributed by atoms with Gasteiger partial charge in [0.2, 0.25) is 11.8 Å². The smallest absolute Gasteiger partial charge is 0.246 e. The Morgan fingerprint density at radius 1 is 1.22 bits per heavy atom. The first-order valence-electron chi connectivity index (χ1n) is 7.24. The maximum Gasteiger partial charge on any atom is 0.246 e. The number of hydrogen-bond acceptors (Lipinski definition) is 2. The quantitative estimate of drug-likeness (QED) is 0.768. The fraction of sp³-hybridized carbons (Fsp3) is 0.857. The summed E-state index contributed by atoms with van der Waals surface area (Å²) >= 11 is 0. The summed E-state index contributed by atoms with van der Waals surface area (Å²) in [4.78, 5) is 28.8. The SMILES string of the molecule is CCC(C)N1C(=O)C2CCCCN2C(=O)C1CC. The first kappa shape index (κ1) is 13.4. The van der Waals surface area contributed by atoms with Crippen LogP contribution < -0.4 is 0 Å². The van der Waals surface area contributed by atoms with Crippen LogP contribution in [0.15, 0.2) is 0 Å². The van der Waals surface area contributed by atoms with Gasteiger partial charge in [0, 0.05) is 12.6 Å². The summed E-state index contributed by atoms with van der Waals surface area (Å²) in [7, 11) is 0. The molecule has 0 saturated carbocycles. The van der Waals surface area contributed by atoms with E-state index in [9.17, 15) is 9.59 Å². The minimum Gasteiger partial charge on any atom is -0.329 e. The number of amides is 2. The fourth-order valence-corrected chi connectivity index (χ4v) is 3.18. The van der Waals surface area contributed by atoms with Gasteiger partial charge >= 0.3 is 0 Å². The molecular weight excluding hydrogens is 228 g/mol. The Labute approximate surface area is 109 Å². The summed E-state index contributed by atoms with van der Waals surface area (Å²) in [5, 5.41) is 0. The molecule has 0 spiro atoms. The molecule has 2 fully saturated rings. The van der Waals surface area contributed by atoms with Gasteiger partial charge in [-0.05, 0) is 39.0 Å². The highest BCUT2D eigenvalue weighted by molar-refractivity contribution is 5.97. The summed E-state index contributed by atoms with van der Waals surface area (Å²) in [6, 6.07) is -0.250. The van der Waals surface area contributed by atoms with Crippen LogP contribution in [0.4, 0.5) is 0 Å². The molecule has 0 aromatic carbocycles. The zero-order valence-electron chi connectivity index (χ0n) is 11.7. The maximum atomic E-state index is 12.6. The molecule has 3 unspecified atom stereocenters. The molecule has 0 N–H and O–H groups in total. The molecule has 18 heavy (non-hydrogen) atoms. The Balaban J connectivity index is 2.29. The molecule has 4 heteroatoms. The summed E-state index contributed by atoms with van der Waals surface area (Å²) in [6.45, 7) is 6.88. The van der Waals surface area contributed by atoms with Crippen LogP contribution in [-0.2, 0) is 9.59 Å². The van der Waals surface area contributed by atoms with E-state index in [2.05, 4.69) is 6.92 Å². The topological polar surface area (TPSA) is 40.6 Å². The molecule has 2 aliphatic heterocycles. The van der Waals surface area contributed by atoms with Gasteiger partial charge in [-0.15, -0.1) is 0 Å². The van der Waals surface area contributed by atoms with Crippen LogP contribution in [0.2, 0.25) is 0 Å². The van der Waals surface area contributed by atoms with Crippen LogP contribution in [0, 0.1) is 0 Å².